The summed E-state index contributed by atoms with van der Waals surface area (Å²) in [6.07, 6.45) is 39.7. The molecule has 0 rings (SSSR count). The first kappa shape index (κ1) is 60.8. The molecule has 8 nitrogen and oxygen atoms in total. The van der Waals surface area contributed by atoms with E-state index in [-0.39, 0.29) is 23.8 Å². The third-order valence-electron chi connectivity index (χ3n) is 12.5. The summed E-state index contributed by atoms with van der Waals surface area (Å²) in [5.74, 6) is 0.264. The van der Waals surface area contributed by atoms with E-state index in [1.807, 2.05) is 0 Å². The summed E-state index contributed by atoms with van der Waals surface area (Å²) < 4.78 is 29.0. The fraction of sp³-hybridized carbons (Fsp3) is 0.963. The molecule has 8 heteroatoms. The zero-order valence-corrected chi connectivity index (χ0v) is 42.3. The smallest absolute Gasteiger partial charge is 0.308 e. The van der Waals surface area contributed by atoms with Crippen LogP contribution in [0, 0.1) is 11.8 Å². The Bertz CT molecular complexity index is 846. The van der Waals surface area contributed by atoms with Crippen LogP contribution in [0.25, 0.3) is 0 Å². The number of nitrogens with zero attached hydrogens (tertiary/aromatic N) is 1. The number of rotatable bonds is 52. The second-order valence-electron chi connectivity index (χ2n) is 18.4. The molecule has 0 saturated carbocycles. The largest absolute Gasteiger partial charge is 0.465 e. The van der Waals surface area contributed by atoms with Crippen molar-refractivity contribution in [2.75, 3.05) is 72.5 Å². The Kier molecular flexibility index (Phi) is 49.8. The molecule has 0 aliphatic rings. The molecule has 0 amide bonds. The van der Waals surface area contributed by atoms with Crippen molar-refractivity contribution in [3.63, 3.8) is 0 Å². The Labute approximate surface area is 386 Å². The van der Waals surface area contributed by atoms with Gasteiger partial charge < -0.3 is 28.6 Å². The Hall–Kier alpha value is -1.22. The number of carbonyl (C=O) groups is 2. The van der Waals surface area contributed by atoms with Gasteiger partial charge in [0.15, 0.2) is 0 Å². The van der Waals surface area contributed by atoms with E-state index in [0.717, 1.165) is 142 Å². The average molecular weight is 882 g/mol. The molecule has 0 heterocycles. The van der Waals surface area contributed by atoms with Crippen molar-refractivity contribution in [2.24, 2.45) is 11.8 Å². The van der Waals surface area contributed by atoms with Crippen LogP contribution in [-0.2, 0) is 33.3 Å². The number of carbonyl (C=O) groups excluding carboxylic acids is 2. The summed E-state index contributed by atoms with van der Waals surface area (Å²) in [7, 11) is 0. The third kappa shape index (κ3) is 42.7. The zero-order chi connectivity index (χ0) is 45.2. The van der Waals surface area contributed by atoms with Crippen molar-refractivity contribution >= 4 is 11.9 Å². The van der Waals surface area contributed by atoms with Gasteiger partial charge in [-0.3, -0.25) is 9.59 Å². The Balaban J connectivity index is 4.68. The molecular formula is C54H107NO7. The minimum atomic E-state index is 0.0515. The van der Waals surface area contributed by atoms with Crippen molar-refractivity contribution < 1.29 is 33.3 Å². The molecule has 2 atom stereocenters. The maximum absolute atomic E-state index is 13.1. The van der Waals surface area contributed by atoms with E-state index in [1.165, 1.54) is 103 Å². The molecule has 0 aliphatic heterocycles. The van der Waals surface area contributed by atoms with Gasteiger partial charge in [-0.2, -0.15) is 0 Å². The number of unbranched alkanes of at least 4 members (excludes halogenated alkanes) is 23. The van der Waals surface area contributed by atoms with E-state index in [2.05, 4.69) is 39.5 Å². The normalized spacial score (nSPS) is 12.6. The van der Waals surface area contributed by atoms with Crippen LogP contribution in [0.5, 0.6) is 0 Å². The molecule has 0 saturated heterocycles. The zero-order valence-electron chi connectivity index (χ0n) is 42.3. The molecular weight excluding hydrogens is 775 g/mol. The SMILES string of the molecule is CCCCCCCCC(CCCCCC)C(=O)OCCCCCCN(CCCCCCOC(=O)C(CCCCCC)CCCCCCCC)CCOCCOCCOCCCC. The van der Waals surface area contributed by atoms with Crippen molar-refractivity contribution in [3.8, 4) is 0 Å². The van der Waals surface area contributed by atoms with Crippen LogP contribution in [0.3, 0.4) is 0 Å². The second kappa shape index (κ2) is 50.8. The van der Waals surface area contributed by atoms with Gasteiger partial charge in [-0.25, -0.2) is 0 Å². The van der Waals surface area contributed by atoms with Gasteiger partial charge >= 0.3 is 11.9 Å². The van der Waals surface area contributed by atoms with Crippen molar-refractivity contribution in [2.45, 2.75) is 253 Å². The molecule has 2 unspecified atom stereocenters. The van der Waals surface area contributed by atoms with E-state index in [0.29, 0.717) is 46.2 Å². The first-order valence-corrected chi connectivity index (χ1v) is 27.3. The van der Waals surface area contributed by atoms with Crippen LogP contribution in [0.4, 0.5) is 0 Å². The fourth-order valence-corrected chi connectivity index (χ4v) is 8.22. The molecule has 62 heavy (non-hydrogen) atoms. The Morgan fingerprint density at radius 3 is 1.02 bits per heavy atom. The summed E-state index contributed by atoms with van der Waals surface area (Å²) in [5, 5.41) is 0. The lowest BCUT2D eigenvalue weighted by Gasteiger charge is -2.22. The minimum Gasteiger partial charge on any atom is -0.465 e. The van der Waals surface area contributed by atoms with Crippen molar-refractivity contribution in [3.05, 3.63) is 0 Å². The number of hydrogen-bond donors (Lipinski definition) is 0. The fourth-order valence-electron chi connectivity index (χ4n) is 8.22. The molecule has 0 aromatic carbocycles. The Morgan fingerprint density at radius 2 is 0.613 bits per heavy atom. The summed E-state index contributed by atoms with van der Waals surface area (Å²) in [6.45, 7) is 19.3. The van der Waals surface area contributed by atoms with E-state index in [1.54, 1.807) is 0 Å². The first-order valence-electron chi connectivity index (χ1n) is 27.3. The number of ether oxygens (including phenoxy) is 5. The highest BCUT2D eigenvalue weighted by molar-refractivity contribution is 5.72. The average Bonchev–Trinajstić information content (AvgIpc) is 3.27. The van der Waals surface area contributed by atoms with E-state index >= 15 is 0 Å². The lowest BCUT2D eigenvalue weighted by atomic mass is 9.94. The van der Waals surface area contributed by atoms with Gasteiger partial charge in [-0.05, 0) is 70.9 Å². The number of hydrogen-bond acceptors (Lipinski definition) is 8. The maximum atomic E-state index is 13.1. The molecule has 0 bridgehead atoms. The summed E-state index contributed by atoms with van der Waals surface area (Å²) in [4.78, 5) is 28.7. The maximum Gasteiger partial charge on any atom is 0.308 e. The van der Waals surface area contributed by atoms with E-state index in [9.17, 15) is 9.59 Å². The summed E-state index contributed by atoms with van der Waals surface area (Å²) >= 11 is 0. The van der Waals surface area contributed by atoms with E-state index in [4.69, 9.17) is 23.7 Å². The van der Waals surface area contributed by atoms with Gasteiger partial charge in [0.05, 0.1) is 58.1 Å². The molecule has 0 radical (unpaired) electrons. The molecule has 0 aromatic rings. The van der Waals surface area contributed by atoms with Gasteiger partial charge in [0.1, 0.15) is 0 Å². The van der Waals surface area contributed by atoms with Crippen LogP contribution < -0.4 is 0 Å². The predicted molar refractivity (Wildman–Crippen MR) is 263 cm³/mol. The van der Waals surface area contributed by atoms with Crippen LogP contribution in [0.1, 0.15) is 253 Å². The van der Waals surface area contributed by atoms with Crippen molar-refractivity contribution in [1.82, 2.24) is 4.90 Å². The van der Waals surface area contributed by atoms with Gasteiger partial charge in [0.2, 0.25) is 0 Å². The first-order chi connectivity index (χ1) is 30.5. The summed E-state index contributed by atoms with van der Waals surface area (Å²) in [6, 6.07) is 0. The lowest BCUT2D eigenvalue weighted by molar-refractivity contribution is -0.150. The lowest BCUT2D eigenvalue weighted by Crippen LogP contribution is -2.30. The summed E-state index contributed by atoms with van der Waals surface area (Å²) in [5.41, 5.74) is 0. The van der Waals surface area contributed by atoms with Crippen LogP contribution in [0.2, 0.25) is 0 Å². The molecule has 0 spiro atoms. The van der Waals surface area contributed by atoms with Gasteiger partial charge in [-0.1, -0.05) is 195 Å². The van der Waals surface area contributed by atoms with Crippen LogP contribution in [-0.4, -0.2) is 89.3 Å². The van der Waals surface area contributed by atoms with Gasteiger partial charge in [-0.15, -0.1) is 0 Å². The highest BCUT2D eigenvalue weighted by Crippen LogP contribution is 2.22. The molecule has 0 aromatic heterocycles. The highest BCUT2D eigenvalue weighted by Gasteiger charge is 2.20. The predicted octanol–water partition coefficient (Wildman–Crippen LogP) is 15.0. The monoisotopic (exact) mass is 882 g/mol. The van der Waals surface area contributed by atoms with Crippen LogP contribution >= 0.6 is 0 Å². The Morgan fingerprint density at radius 1 is 0.306 bits per heavy atom. The van der Waals surface area contributed by atoms with Gasteiger partial charge in [0.25, 0.3) is 0 Å². The van der Waals surface area contributed by atoms with Gasteiger partial charge in [0, 0.05) is 13.2 Å². The quantitative estimate of drug-likeness (QED) is 0.0441. The van der Waals surface area contributed by atoms with E-state index < -0.39 is 0 Å². The second-order valence-corrected chi connectivity index (χ2v) is 18.4. The molecule has 0 N–H and O–H groups in total. The highest BCUT2D eigenvalue weighted by atomic mass is 16.5. The third-order valence-corrected chi connectivity index (χ3v) is 12.5. The molecule has 0 aliphatic carbocycles. The number of esters is 2. The topological polar surface area (TPSA) is 83.5 Å². The van der Waals surface area contributed by atoms with Crippen LogP contribution in [0.15, 0.2) is 0 Å². The molecule has 0 fully saturated rings. The minimum absolute atomic E-state index is 0.0515. The standard InChI is InChI=1S/C54H107NO7/c1-6-11-16-20-22-30-38-51(36-28-18-13-8-3)53(56)61-44-34-26-24-32-40-55(42-46-59-48-50-60-49-47-58-43-15-10-5)41-33-25-27-35-45-62-54(57)52(37-29-19-14-9-4)39-31-23-21-17-12-7-2/h51-52H,6-50H2,1-5H3. The molecule has 370 valence electrons. The van der Waals surface area contributed by atoms with Crippen molar-refractivity contribution in [1.29, 1.82) is 0 Å².